The number of ether oxygens (including phenoxy) is 2. The Kier molecular flexibility index (Phi) is 5.50. The summed E-state index contributed by atoms with van der Waals surface area (Å²) in [6.07, 6.45) is 4.95. The van der Waals surface area contributed by atoms with Crippen molar-refractivity contribution in [2.24, 2.45) is 5.92 Å². The summed E-state index contributed by atoms with van der Waals surface area (Å²) >= 11 is 0. The highest BCUT2D eigenvalue weighted by atomic mass is 16.7. The van der Waals surface area contributed by atoms with Gasteiger partial charge in [0.2, 0.25) is 0 Å². The van der Waals surface area contributed by atoms with Crippen molar-refractivity contribution in [3.8, 4) is 0 Å². The van der Waals surface area contributed by atoms with Gasteiger partial charge in [0.05, 0.1) is 0 Å². The molecule has 23 heavy (non-hydrogen) atoms. The number of nitrogens with zero attached hydrogens (tertiary/aromatic N) is 1. The van der Waals surface area contributed by atoms with E-state index in [4.69, 9.17) is 9.47 Å². The number of rotatable bonds is 5. The van der Waals surface area contributed by atoms with Crippen LogP contribution in [-0.4, -0.2) is 41.8 Å². The molecule has 2 bridgehead atoms. The third kappa shape index (κ3) is 3.77. The quantitative estimate of drug-likeness (QED) is 0.442. The second-order valence-electron chi connectivity index (χ2n) is 7.00. The summed E-state index contributed by atoms with van der Waals surface area (Å²) < 4.78 is 11.5. The molecule has 0 saturated carbocycles. The lowest BCUT2D eigenvalue weighted by Gasteiger charge is -2.43. The van der Waals surface area contributed by atoms with Crippen LogP contribution in [0.4, 0.5) is 0 Å². The van der Waals surface area contributed by atoms with Gasteiger partial charge < -0.3 is 9.47 Å². The molecule has 2 rings (SSSR count). The molecule has 0 aliphatic carbocycles. The summed E-state index contributed by atoms with van der Waals surface area (Å²) in [6, 6.07) is 0.568. The molecule has 2 aliphatic rings. The van der Waals surface area contributed by atoms with Gasteiger partial charge in [-0.1, -0.05) is 19.9 Å². The van der Waals surface area contributed by atoms with Gasteiger partial charge in [-0.15, -0.1) is 0 Å². The van der Waals surface area contributed by atoms with Crippen LogP contribution in [0.15, 0.2) is 11.6 Å². The fourth-order valence-electron chi connectivity index (χ4n) is 3.78. The highest BCUT2D eigenvalue weighted by Crippen LogP contribution is 2.45. The van der Waals surface area contributed by atoms with E-state index in [1.807, 2.05) is 6.92 Å². The van der Waals surface area contributed by atoms with Crippen LogP contribution >= 0.6 is 0 Å². The number of hydrogen-bond donors (Lipinski definition) is 0. The highest BCUT2D eigenvalue weighted by Gasteiger charge is 2.54. The van der Waals surface area contributed by atoms with E-state index in [0.29, 0.717) is 30.8 Å². The molecule has 2 heterocycles. The van der Waals surface area contributed by atoms with Crippen molar-refractivity contribution in [3.05, 3.63) is 11.6 Å². The highest BCUT2D eigenvalue weighted by molar-refractivity contribution is 5.88. The molecule has 4 atom stereocenters. The zero-order valence-electron chi connectivity index (χ0n) is 14.9. The third-order valence-corrected chi connectivity index (χ3v) is 5.25. The molecule has 4 unspecified atom stereocenters. The Balaban J connectivity index is 2.22. The minimum atomic E-state index is -1.11. The van der Waals surface area contributed by atoms with Crippen molar-refractivity contribution in [2.75, 3.05) is 7.05 Å². The normalized spacial score (nSPS) is 34.3. The standard InChI is InChI=1S/C18H29NO4/c1-6-8-16(20)22-18(23-17(21)12(3)7-2)10-14-9-13(4)15(11-18)19(14)5/h7,13-15H,6,8-11H2,1-5H3. The van der Waals surface area contributed by atoms with Crippen LogP contribution in [0.1, 0.15) is 59.8 Å². The SMILES string of the molecule is CC=C(C)C(=O)OC1(OC(=O)CCC)CC2CC(C)C(C1)N2C. The summed E-state index contributed by atoms with van der Waals surface area (Å²) in [5.41, 5.74) is 0.537. The van der Waals surface area contributed by atoms with E-state index in [1.165, 1.54) is 0 Å². The lowest BCUT2D eigenvalue weighted by Crippen LogP contribution is -2.54. The molecule has 0 aromatic carbocycles. The average molecular weight is 323 g/mol. The maximum Gasteiger partial charge on any atom is 0.336 e. The summed E-state index contributed by atoms with van der Waals surface area (Å²) in [4.78, 5) is 26.7. The minimum Gasteiger partial charge on any atom is -0.422 e. The van der Waals surface area contributed by atoms with E-state index in [0.717, 1.165) is 12.8 Å². The van der Waals surface area contributed by atoms with Crippen LogP contribution in [0.2, 0.25) is 0 Å². The minimum absolute atomic E-state index is 0.280. The number of fused-ring (bicyclic) bond motifs is 2. The molecule has 5 nitrogen and oxygen atoms in total. The Bertz CT molecular complexity index is 501. The molecule has 2 aliphatic heterocycles. The van der Waals surface area contributed by atoms with Crippen molar-refractivity contribution < 1.29 is 19.1 Å². The predicted octanol–water partition coefficient (Wildman–Crippen LogP) is 3.04. The summed E-state index contributed by atoms with van der Waals surface area (Å²) in [5, 5.41) is 0. The largest absolute Gasteiger partial charge is 0.422 e. The van der Waals surface area contributed by atoms with Gasteiger partial charge in [0.15, 0.2) is 0 Å². The van der Waals surface area contributed by atoms with Crippen LogP contribution in [0.3, 0.4) is 0 Å². The molecule has 0 spiro atoms. The van der Waals surface area contributed by atoms with Gasteiger partial charge in [0, 0.05) is 36.9 Å². The van der Waals surface area contributed by atoms with Gasteiger partial charge in [-0.2, -0.15) is 0 Å². The van der Waals surface area contributed by atoms with Crippen molar-refractivity contribution in [1.82, 2.24) is 4.90 Å². The summed E-state index contributed by atoms with van der Waals surface area (Å²) in [6.45, 7) is 7.66. The molecule has 0 amide bonds. The van der Waals surface area contributed by atoms with E-state index >= 15 is 0 Å². The van der Waals surface area contributed by atoms with Crippen molar-refractivity contribution in [3.63, 3.8) is 0 Å². The Labute approximate surface area is 139 Å². The molecule has 0 aromatic rings. The van der Waals surface area contributed by atoms with Crippen molar-refractivity contribution in [2.45, 2.75) is 77.7 Å². The monoisotopic (exact) mass is 323 g/mol. The Hall–Kier alpha value is -1.36. The number of piperidine rings is 1. The van der Waals surface area contributed by atoms with Crippen LogP contribution in [-0.2, 0) is 19.1 Å². The first-order valence-electron chi connectivity index (χ1n) is 8.62. The third-order valence-electron chi connectivity index (χ3n) is 5.25. The van der Waals surface area contributed by atoms with E-state index < -0.39 is 11.8 Å². The van der Waals surface area contributed by atoms with E-state index in [2.05, 4.69) is 18.9 Å². The number of carbonyl (C=O) groups excluding carboxylic acids is 2. The number of hydrogen-bond acceptors (Lipinski definition) is 5. The molecule has 0 N–H and O–H groups in total. The zero-order chi connectivity index (χ0) is 17.2. The fraction of sp³-hybridized carbons (Fsp3) is 0.778. The molecule has 130 valence electrons. The maximum absolute atomic E-state index is 12.3. The van der Waals surface area contributed by atoms with E-state index in [-0.39, 0.29) is 18.1 Å². The number of esters is 2. The van der Waals surface area contributed by atoms with Crippen LogP contribution in [0.5, 0.6) is 0 Å². The first-order valence-corrected chi connectivity index (χ1v) is 8.62. The van der Waals surface area contributed by atoms with Gasteiger partial charge >= 0.3 is 11.9 Å². The molecule has 0 aromatic heterocycles. The Morgan fingerprint density at radius 1 is 1.30 bits per heavy atom. The van der Waals surface area contributed by atoms with Crippen molar-refractivity contribution >= 4 is 11.9 Å². The predicted molar refractivity (Wildman–Crippen MR) is 87.6 cm³/mol. The Morgan fingerprint density at radius 3 is 2.57 bits per heavy atom. The van der Waals surface area contributed by atoms with Gasteiger partial charge in [0.25, 0.3) is 5.79 Å². The fourth-order valence-corrected chi connectivity index (χ4v) is 3.78. The van der Waals surface area contributed by atoms with Crippen LogP contribution in [0.25, 0.3) is 0 Å². The van der Waals surface area contributed by atoms with Gasteiger partial charge in [0.1, 0.15) is 0 Å². The first-order chi connectivity index (χ1) is 10.8. The number of allylic oxidation sites excluding steroid dienone is 1. The molecule has 0 radical (unpaired) electrons. The molecular weight excluding hydrogens is 294 g/mol. The van der Waals surface area contributed by atoms with E-state index in [1.54, 1.807) is 19.9 Å². The lowest BCUT2D eigenvalue weighted by atomic mass is 9.94. The van der Waals surface area contributed by atoms with E-state index in [9.17, 15) is 9.59 Å². The van der Waals surface area contributed by atoms with Crippen molar-refractivity contribution in [1.29, 1.82) is 0 Å². The molecule has 2 fully saturated rings. The average Bonchev–Trinajstić information content (AvgIpc) is 2.66. The number of carbonyl (C=O) groups is 2. The molecule has 5 heteroatoms. The van der Waals surface area contributed by atoms with Gasteiger partial charge in [-0.3, -0.25) is 9.69 Å². The van der Waals surface area contributed by atoms with Gasteiger partial charge in [-0.05, 0) is 39.7 Å². The summed E-state index contributed by atoms with van der Waals surface area (Å²) in [5.74, 6) is -1.28. The maximum atomic E-state index is 12.3. The molecular formula is C18H29NO4. The lowest BCUT2D eigenvalue weighted by molar-refractivity contribution is -0.246. The first kappa shape index (κ1) is 18.0. The zero-order valence-corrected chi connectivity index (χ0v) is 14.9. The Morgan fingerprint density at radius 2 is 2.00 bits per heavy atom. The second-order valence-corrected chi connectivity index (χ2v) is 7.00. The second kappa shape index (κ2) is 7.04. The van der Waals surface area contributed by atoms with Crippen LogP contribution in [0, 0.1) is 5.92 Å². The smallest absolute Gasteiger partial charge is 0.336 e. The summed E-state index contributed by atoms with van der Waals surface area (Å²) in [7, 11) is 2.11. The topological polar surface area (TPSA) is 55.8 Å². The molecule has 2 saturated heterocycles. The van der Waals surface area contributed by atoms with Crippen LogP contribution < -0.4 is 0 Å². The van der Waals surface area contributed by atoms with Gasteiger partial charge in [-0.25, -0.2) is 4.79 Å².